The van der Waals surface area contributed by atoms with Gasteiger partial charge >= 0.3 is 0 Å². The summed E-state index contributed by atoms with van der Waals surface area (Å²) in [7, 11) is 0. The fourth-order valence-electron chi connectivity index (χ4n) is 1.95. The summed E-state index contributed by atoms with van der Waals surface area (Å²) in [5.41, 5.74) is 8.38. The van der Waals surface area contributed by atoms with E-state index in [0.29, 0.717) is 30.5 Å². The number of hydrogen-bond donors (Lipinski definition) is 2. The lowest BCUT2D eigenvalue weighted by Crippen LogP contribution is -2.15. The van der Waals surface area contributed by atoms with Gasteiger partial charge in [0.05, 0.1) is 23.6 Å². The Morgan fingerprint density at radius 3 is 2.57 bits per heavy atom. The Hall–Kier alpha value is -2.37. The van der Waals surface area contributed by atoms with Crippen LogP contribution in [0.4, 0.5) is 11.6 Å². The van der Waals surface area contributed by atoms with Crippen LogP contribution in [0.5, 0.6) is 5.75 Å². The van der Waals surface area contributed by atoms with Crippen molar-refractivity contribution >= 4 is 11.6 Å². The van der Waals surface area contributed by atoms with Gasteiger partial charge in [-0.05, 0) is 25.0 Å². The van der Waals surface area contributed by atoms with Gasteiger partial charge in [-0.2, -0.15) is 5.10 Å². The van der Waals surface area contributed by atoms with Gasteiger partial charge in [-0.15, -0.1) is 5.10 Å². The van der Waals surface area contributed by atoms with Crippen molar-refractivity contribution < 1.29 is 4.74 Å². The summed E-state index contributed by atoms with van der Waals surface area (Å²) in [5.74, 6) is 1.22. The molecule has 1 heterocycles. The topological polar surface area (TPSA) is 86.0 Å². The van der Waals surface area contributed by atoms with Gasteiger partial charge in [-0.25, -0.2) is 4.98 Å². The molecule has 6 heteroatoms. The van der Waals surface area contributed by atoms with Crippen LogP contribution < -0.4 is 15.8 Å². The Labute approximate surface area is 124 Å². The molecule has 0 amide bonds. The van der Waals surface area contributed by atoms with Crippen molar-refractivity contribution in [2.24, 2.45) is 0 Å². The Morgan fingerprint density at radius 2 is 1.86 bits per heavy atom. The lowest BCUT2D eigenvalue weighted by Gasteiger charge is -2.10. The molecule has 0 bridgehead atoms. The van der Waals surface area contributed by atoms with Crippen molar-refractivity contribution in [3.63, 3.8) is 0 Å². The number of nitrogens with two attached hydrogens (primary N) is 1. The van der Waals surface area contributed by atoms with Crippen LogP contribution in [0.15, 0.2) is 24.3 Å². The van der Waals surface area contributed by atoms with Gasteiger partial charge in [0.2, 0.25) is 5.95 Å². The summed E-state index contributed by atoms with van der Waals surface area (Å²) >= 11 is 0. The highest BCUT2D eigenvalue weighted by atomic mass is 16.5. The highest BCUT2D eigenvalue weighted by Gasteiger charge is 2.05. The number of anilines is 2. The van der Waals surface area contributed by atoms with Crippen LogP contribution in [-0.4, -0.2) is 28.3 Å². The van der Waals surface area contributed by atoms with Crippen LogP contribution in [0.1, 0.15) is 25.2 Å². The first-order valence-corrected chi connectivity index (χ1v) is 7.18. The minimum Gasteiger partial charge on any atom is -0.490 e. The van der Waals surface area contributed by atoms with Crippen LogP contribution in [0, 0.1) is 0 Å². The molecule has 0 radical (unpaired) electrons. The van der Waals surface area contributed by atoms with Crippen LogP contribution in [0.25, 0.3) is 0 Å². The van der Waals surface area contributed by atoms with Gasteiger partial charge in [0.1, 0.15) is 12.4 Å². The average molecular weight is 287 g/mol. The quantitative estimate of drug-likeness (QED) is 0.599. The van der Waals surface area contributed by atoms with E-state index >= 15 is 0 Å². The summed E-state index contributed by atoms with van der Waals surface area (Å²) in [6.45, 7) is 5.18. The number of para-hydroxylation sites is 2. The normalized spacial score (nSPS) is 10.4. The van der Waals surface area contributed by atoms with E-state index in [0.717, 1.165) is 24.2 Å². The Morgan fingerprint density at radius 1 is 1.10 bits per heavy atom. The van der Waals surface area contributed by atoms with E-state index in [9.17, 15) is 0 Å². The first-order chi connectivity index (χ1) is 10.2. The van der Waals surface area contributed by atoms with Crippen molar-refractivity contribution in [2.75, 3.05) is 24.2 Å². The molecular weight excluding hydrogens is 266 g/mol. The van der Waals surface area contributed by atoms with E-state index in [1.807, 2.05) is 24.3 Å². The van der Waals surface area contributed by atoms with Gasteiger partial charge in [0, 0.05) is 0 Å². The fourth-order valence-corrected chi connectivity index (χ4v) is 1.95. The third kappa shape index (κ3) is 4.05. The molecule has 2 rings (SSSR count). The van der Waals surface area contributed by atoms with Crippen molar-refractivity contribution in [3.05, 3.63) is 35.7 Å². The van der Waals surface area contributed by atoms with Crippen molar-refractivity contribution in [1.82, 2.24) is 15.2 Å². The van der Waals surface area contributed by atoms with Crippen LogP contribution in [0.2, 0.25) is 0 Å². The van der Waals surface area contributed by atoms with E-state index in [4.69, 9.17) is 10.5 Å². The van der Waals surface area contributed by atoms with Gasteiger partial charge < -0.3 is 15.8 Å². The first kappa shape index (κ1) is 15.0. The van der Waals surface area contributed by atoms with Crippen molar-refractivity contribution in [2.45, 2.75) is 26.7 Å². The molecule has 1 aromatic carbocycles. The molecule has 0 unspecified atom stereocenters. The molecule has 2 aromatic rings. The predicted molar refractivity (Wildman–Crippen MR) is 83.4 cm³/mol. The molecule has 0 atom stereocenters. The van der Waals surface area contributed by atoms with Crippen LogP contribution in [-0.2, 0) is 12.8 Å². The standard InChI is InChI=1S/C15H21N5O/c1-3-12-13(4-2)19-20-15(18-12)17-9-10-21-14-8-6-5-7-11(14)16/h5-8H,3-4,9-10,16H2,1-2H3,(H,17,18,20). The Kier molecular flexibility index (Phi) is 5.31. The molecule has 6 nitrogen and oxygen atoms in total. The zero-order chi connectivity index (χ0) is 15.1. The molecule has 21 heavy (non-hydrogen) atoms. The van der Waals surface area contributed by atoms with Crippen molar-refractivity contribution in [3.8, 4) is 5.75 Å². The van der Waals surface area contributed by atoms with Gasteiger partial charge in [-0.3, -0.25) is 0 Å². The molecule has 0 saturated carbocycles. The van der Waals surface area contributed by atoms with Crippen LogP contribution in [0.3, 0.4) is 0 Å². The minimum atomic E-state index is 0.481. The fraction of sp³-hybridized carbons (Fsp3) is 0.400. The second-order valence-electron chi connectivity index (χ2n) is 4.55. The molecule has 0 saturated heterocycles. The largest absolute Gasteiger partial charge is 0.490 e. The summed E-state index contributed by atoms with van der Waals surface area (Å²) in [6.07, 6.45) is 1.70. The third-order valence-electron chi connectivity index (χ3n) is 3.07. The number of nitrogens with zero attached hydrogens (tertiary/aromatic N) is 3. The molecule has 112 valence electrons. The molecule has 0 fully saturated rings. The van der Waals surface area contributed by atoms with E-state index in [1.165, 1.54) is 0 Å². The number of aryl methyl sites for hydroxylation is 2. The number of nitrogen functional groups attached to an aromatic ring is 1. The number of nitrogens with one attached hydrogen (secondary N) is 1. The van der Waals surface area contributed by atoms with E-state index in [2.05, 4.69) is 34.3 Å². The number of hydrogen-bond acceptors (Lipinski definition) is 6. The van der Waals surface area contributed by atoms with Crippen molar-refractivity contribution in [1.29, 1.82) is 0 Å². The highest BCUT2D eigenvalue weighted by Crippen LogP contribution is 2.19. The first-order valence-electron chi connectivity index (χ1n) is 7.18. The number of rotatable bonds is 7. The molecule has 0 spiro atoms. The number of benzene rings is 1. The highest BCUT2D eigenvalue weighted by molar-refractivity contribution is 5.51. The summed E-state index contributed by atoms with van der Waals surface area (Å²) in [4.78, 5) is 4.46. The molecular formula is C15H21N5O. The monoisotopic (exact) mass is 287 g/mol. The molecule has 3 N–H and O–H groups in total. The third-order valence-corrected chi connectivity index (χ3v) is 3.07. The number of aromatic nitrogens is 3. The smallest absolute Gasteiger partial charge is 0.243 e. The van der Waals surface area contributed by atoms with Gasteiger partial charge in [-0.1, -0.05) is 26.0 Å². The second kappa shape index (κ2) is 7.42. The zero-order valence-corrected chi connectivity index (χ0v) is 12.5. The van der Waals surface area contributed by atoms with E-state index in [1.54, 1.807) is 0 Å². The lowest BCUT2D eigenvalue weighted by atomic mass is 10.2. The molecule has 0 aliphatic carbocycles. The van der Waals surface area contributed by atoms with Gasteiger partial charge in [0.25, 0.3) is 0 Å². The van der Waals surface area contributed by atoms with Crippen LogP contribution >= 0.6 is 0 Å². The summed E-state index contributed by atoms with van der Waals surface area (Å²) in [5, 5.41) is 11.4. The SMILES string of the molecule is CCc1nnc(NCCOc2ccccc2N)nc1CC. The lowest BCUT2D eigenvalue weighted by molar-refractivity contribution is 0.334. The van der Waals surface area contributed by atoms with Gasteiger partial charge in [0.15, 0.2) is 0 Å². The molecule has 0 aliphatic rings. The minimum absolute atomic E-state index is 0.481. The molecule has 0 aliphatic heterocycles. The Balaban J connectivity index is 1.85. The molecule has 1 aromatic heterocycles. The van der Waals surface area contributed by atoms with E-state index < -0.39 is 0 Å². The maximum absolute atomic E-state index is 5.80. The maximum Gasteiger partial charge on any atom is 0.243 e. The van der Waals surface area contributed by atoms with E-state index in [-0.39, 0.29) is 0 Å². The average Bonchev–Trinajstić information content (AvgIpc) is 2.52. The Bertz CT molecular complexity index is 588. The maximum atomic E-state index is 5.80. The zero-order valence-electron chi connectivity index (χ0n) is 12.5. The summed E-state index contributed by atoms with van der Waals surface area (Å²) < 4.78 is 5.60. The second-order valence-corrected chi connectivity index (χ2v) is 4.55. The predicted octanol–water partition coefficient (Wildman–Crippen LogP) is 2.07. The summed E-state index contributed by atoms with van der Waals surface area (Å²) in [6, 6.07) is 7.43. The number of ether oxygens (including phenoxy) is 1.